The van der Waals surface area contributed by atoms with E-state index in [1.165, 1.54) is 6.07 Å². The number of hydrogen-bond acceptors (Lipinski definition) is 4. The van der Waals surface area contributed by atoms with E-state index in [-0.39, 0.29) is 17.4 Å². The lowest BCUT2D eigenvalue weighted by Crippen LogP contribution is -2.45. The molecular formula is C25H28FN3O3S. The molecule has 0 fully saturated rings. The first kappa shape index (κ1) is 23.3. The van der Waals surface area contributed by atoms with Gasteiger partial charge in [0, 0.05) is 29.1 Å². The maximum atomic E-state index is 14.6. The monoisotopic (exact) mass is 469 g/mol. The molecule has 1 N–H and O–H groups in total. The molecule has 0 unspecified atom stereocenters. The molecule has 1 aromatic heterocycles. The zero-order chi connectivity index (χ0) is 23.8. The average Bonchev–Trinajstić information content (AvgIpc) is 2.76. The fourth-order valence-electron chi connectivity index (χ4n) is 4.60. The molecule has 0 radical (unpaired) electrons. The summed E-state index contributed by atoms with van der Waals surface area (Å²) in [5, 5.41) is 0. The fraction of sp³-hybridized carbons (Fsp3) is 0.360. The van der Waals surface area contributed by atoms with Crippen molar-refractivity contribution in [2.75, 3.05) is 6.26 Å². The molecule has 0 saturated heterocycles. The number of aromatic nitrogens is 2. The summed E-state index contributed by atoms with van der Waals surface area (Å²) in [6.07, 6.45) is 4.14. The fourth-order valence-corrected chi connectivity index (χ4v) is 5.44. The van der Waals surface area contributed by atoms with Crippen LogP contribution in [0.4, 0.5) is 4.39 Å². The zero-order valence-corrected chi connectivity index (χ0v) is 19.8. The van der Waals surface area contributed by atoms with E-state index in [1.54, 1.807) is 23.0 Å². The van der Waals surface area contributed by atoms with Crippen LogP contribution in [0.25, 0.3) is 11.1 Å². The van der Waals surface area contributed by atoms with Crippen molar-refractivity contribution in [3.8, 4) is 11.1 Å². The summed E-state index contributed by atoms with van der Waals surface area (Å²) in [4.78, 5) is 17.9. The van der Waals surface area contributed by atoms with Gasteiger partial charge in [-0.25, -0.2) is 22.5 Å². The molecular weight excluding hydrogens is 441 g/mol. The van der Waals surface area contributed by atoms with Gasteiger partial charge in [-0.1, -0.05) is 36.4 Å². The minimum Gasteiger partial charge on any atom is -0.296 e. The SMILES string of the molecule is CC(C)n1cnc2c(c1=O)[C@@H](Cc1ccc(F)c(-c3ccccc3)c1)[C@@H](NS(C)(=O)=O)CC2. The molecule has 1 aliphatic rings. The van der Waals surface area contributed by atoms with E-state index in [0.717, 1.165) is 17.4 Å². The topological polar surface area (TPSA) is 81.1 Å². The Hall–Kier alpha value is -2.84. The summed E-state index contributed by atoms with van der Waals surface area (Å²) in [6.45, 7) is 3.82. The molecule has 0 bridgehead atoms. The molecule has 2 aromatic carbocycles. The number of nitrogens with zero attached hydrogens (tertiary/aromatic N) is 2. The largest absolute Gasteiger partial charge is 0.296 e. The van der Waals surface area contributed by atoms with Crippen LogP contribution in [0.3, 0.4) is 0 Å². The summed E-state index contributed by atoms with van der Waals surface area (Å²) in [5.41, 5.74) is 3.17. The van der Waals surface area contributed by atoms with E-state index in [9.17, 15) is 17.6 Å². The lowest BCUT2D eigenvalue weighted by atomic mass is 9.78. The molecule has 174 valence electrons. The molecule has 1 heterocycles. The molecule has 1 aliphatic carbocycles. The number of aryl methyl sites for hydroxylation is 1. The highest BCUT2D eigenvalue weighted by atomic mass is 32.2. The minimum absolute atomic E-state index is 0.0744. The number of nitrogens with one attached hydrogen (secondary N) is 1. The van der Waals surface area contributed by atoms with Gasteiger partial charge in [0.2, 0.25) is 10.0 Å². The molecule has 2 atom stereocenters. The van der Waals surface area contributed by atoms with Crippen molar-refractivity contribution in [1.29, 1.82) is 0 Å². The molecule has 6 nitrogen and oxygen atoms in total. The van der Waals surface area contributed by atoms with Crippen LogP contribution < -0.4 is 10.3 Å². The second-order valence-electron chi connectivity index (χ2n) is 8.94. The van der Waals surface area contributed by atoms with E-state index in [0.29, 0.717) is 36.1 Å². The summed E-state index contributed by atoms with van der Waals surface area (Å²) >= 11 is 0. The van der Waals surface area contributed by atoms with Crippen LogP contribution in [0.15, 0.2) is 59.7 Å². The van der Waals surface area contributed by atoms with Gasteiger partial charge >= 0.3 is 0 Å². The second kappa shape index (κ2) is 9.19. The number of sulfonamides is 1. The van der Waals surface area contributed by atoms with Crippen molar-refractivity contribution in [2.24, 2.45) is 0 Å². The first-order chi connectivity index (χ1) is 15.6. The van der Waals surface area contributed by atoms with Crippen molar-refractivity contribution in [1.82, 2.24) is 14.3 Å². The van der Waals surface area contributed by atoms with Crippen LogP contribution in [-0.2, 0) is 22.9 Å². The Morgan fingerprint density at radius 1 is 1.18 bits per heavy atom. The normalized spacial score (nSPS) is 18.3. The van der Waals surface area contributed by atoms with Crippen molar-refractivity contribution >= 4 is 10.0 Å². The highest BCUT2D eigenvalue weighted by Crippen LogP contribution is 2.33. The third kappa shape index (κ3) is 5.07. The highest BCUT2D eigenvalue weighted by molar-refractivity contribution is 7.88. The Bertz CT molecular complexity index is 1320. The van der Waals surface area contributed by atoms with Crippen LogP contribution in [0.2, 0.25) is 0 Å². The smallest absolute Gasteiger partial charge is 0.257 e. The standard InChI is InChI=1S/C25H28FN3O3S/c1-16(2)29-15-27-23-12-11-22(28-33(3,31)32)20(24(23)25(29)30)14-17-9-10-21(26)19(13-17)18-7-5-4-6-8-18/h4-10,13,15-16,20,22,28H,11-12,14H2,1-3H3/t20-,22-/m0/s1. The number of benzene rings is 2. The van der Waals surface area contributed by atoms with E-state index in [4.69, 9.17) is 0 Å². The van der Waals surface area contributed by atoms with Crippen molar-refractivity contribution < 1.29 is 12.8 Å². The van der Waals surface area contributed by atoms with Crippen LogP contribution in [0, 0.1) is 5.82 Å². The van der Waals surface area contributed by atoms with E-state index >= 15 is 0 Å². The van der Waals surface area contributed by atoms with Gasteiger partial charge < -0.3 is 0 Å². The first-order valence-corrected chi connectivity index (χ1v) is 12.9. The molecule has 0 amide bonds. The van der Waals surface area contributed by atoms with Gasteiger partial charge in [-0.05, 0) is 56.4 Å². The Labute approximate surface area is 193 Å². The lowest BCUT2D eigenvalue weighted by molar-refractivity contribution is 0.413. The highest BCUT2D eigenvalue weighted by Gasteiger charge is 2.35. The molecule has 0 aliphatic heterocycles. The zero-order valence-electron chi connectivity index (χ0n) is 19.0. The third-order valence-corrected chi connectivity index (χ3v) is 6.89. The molecule has 3 aromatic rings. The Morgan fingerprint density at radius 3 is 2.58 bits per heavy atom. The Morgan fingerprint density at radius 2 is 1.91 bits per heavy atom. The van der Waals surface area contributed by atoms with Gasteiger partial charge in [-0.3, -0.25) is 9.36 Å². The quantitative estimate of drug-likeness (QED) is 0.595. The Kier molecular flexibility index (Phi) is 6.50. The van der Waals surface area contributed by atoms with Gasteiger partial charge in [0.1, 0.15) is 5.82 Å². The van der Waals surface area contributed by atoms with Gasteiger partial charge in [-0.2, -0.15) is 0 Å². The van der Waals surface area contributed by atoms with Crippen LogP contribution in [0.5, 0.6) is 0 Å². The minimum atomic E-state index is -3.49. The van der Waals surface area contributed by atoms with Gasteiger partial charge in [-0.15, -0.1) is 0 Å². The average molecular weight is 470 g/mol. The molecule has 0 saturated carbocycles. The van der Waals surface area contributed by atoms with Crippen LogP contribution in [-0.4, -0.2) is 30.3 Å². The number of fused-ring (bicyclic) bond motifs is 1. The van der Waals surface area contributed by atoms with E-state index in [2.05, 4.69) is 9.71 Å². The third-order valence-electron chi connectivity index (χ3n) is 6.16. The maximum absolute atomic E-state index is 14.6. The summed E-state index contributed by atoms with van der Waals surface area (Å²) < 4.78 is 43.1. The lowest BCUT2D eigenvalue weighted by Gasteiger charge is -2.33. The number of hydrogen-bond donors (Lipinski definition) is 1. The number of rotatable bonds is 6. The van der Waals surface area contributed by atoms with Gasteiger partial charge in [0.05, 0.1) is 18.3 Å². The summed E-state index contributed by atoms with van der Waals surface area (Å²) in [5.74, 6) is -0.743. The Balaban J connectivity index is 1.80. The molecule has 33 heavy (non-hydrogen) atoms. The summed E-state index contributed by atoms with van der Waals surface area (Å²) in [6, 6.07) is 13.7. The molecule has 4 rings (SSSR count). The number of halogens is 1. The van der Waals surface area contributed by atoms with E-state index in [1.807, 2.05) is 44.2 Å². The molecule has 0 spiro atoms. The van der Waals surface area contributed by atoms with E-state index < -0.39 is 22.0 Å². The van der Waals surface area contributed by atoms with Crippen molar-refractivity contribution in [3.63, 3.8) is 0 Å². The predicted molar refractivity (Wildman–Crippen MR) is 127 cm³/mol. The van der Waals surface area contributed by atoms with Crippen LogP contribution >= 0.6 is 0 Å². The second-order valence-corrected chi connectivity index (χ2v) is 10.7. The van der Waals surface area contributed by atoms with Crippen LogP contribution in [0.1, 0.15) is 49.0 Å². The predicted octanol–water partition coefficient (Wildman–Crippen LogP) is 3.82. The van der Waals surface area contributed by atoms with Crippen molar-refractivity contribution in [2.45, 2.75) is 51.1 Å². The molecule has 8 heteroatoms. The van der Waals surface area contributed by atoms with Crippen molar-refractivity contribution in [3.05, 3.63) is 87.9 Å². The van der Waals surface area contributed by atoms with Gasteiger partial charge in [0.15, 0.2) is 0 Å². The summed E-state index contributed by atoms with van der Waals surface area (Å²) in [7, 11) is -3.49. The maximum Gasteiger partial charge on any atom is 0.257 e. The van der Waals surface area contributed by atoms with Gasteiger partial charge in [0.25, 0.3) is 5.56 Å². The first-order valence-electron chi connectivity index (χ1n) is 11.0.